The van der Waals surface area contributed by atoms with E-state index in [0.29, 0.717) is 17.1 Å². The molecule has 1 amide bonds. The summed E-state index contributed by atoms with van der Waals surface area (Å²) in [6, 6.07) is 17.0. The fourth-order valence-corrected chi connectivity index (χ4v) is 2.67. The molecule has 0 unspecified atom stereocenters. The number of hydrogen-bond donors (Lipinski definition) is 1. The summed E-state index contributed by atoms with van der Waals surface area (Å²) in [7, 11) is 0. The summed E-state index contributed by atoms with van der Waals surface area (Å²) in [6.45, 7) is 0. The highest BCUT2D eigenvalue weighted by molar-refractivity contribution is 9.10. The Kier molecular flexibility index (Phi) is 5.77. The van der Waals surface area contributed by atoms with Gasteiger partial charge in [-0.15, -0.1) is 0 Å². The van der Waals surface area contributed by atoms with E-state index in [1.54, 1.807) is 30.3 Å². The van der Waals surface area contributed by atoms with Gasteiger partial charge in [0.25, 0.3) is 5.69 Å². The Bertz CT molecular complexity index is 996. The third kappa shape index (κ3) is 4.89. The zero-order valence-electron chi connectivity index (χ0n) is 14.0. The SMILES string of the molecule is O=C(Cc1ccc(Br)cc1)NN=Cc1ccc(-c2ccccc2[N+](=O)[O-])o1. The number of halogens is 1. The molecule has 27 heavy (non-hydrogen) atoms. The quantitative estimate of drug-likeness (QED) is 0.359. The molecule has 0 atom stereocenters. The third-order valence-corrected chi connectivity index (χ3v) is 4.18. The summed E-state index contributed by atoms with van der Waals surface area (Å²) in [5, 5.41) is 15.0. The van der Waals surface area contributed by atoms with E-state index in [-0.39, 0.29) is 18.0 Å². The molecule has 8 heteroatoms. The zero-order chi connectivity index (χ0) is 19.2. The molecule has 0 radical (unpaired) electrons. The van der Waals surface area contributed by atoms with Crippen LogP contribution in [0.1, 0.15) is 11.3 Å². The summed E-state index contributed by atoms with van der Waals surface area (Å²) in [5.41, 5.74) is 3.62. The lowest BCUT2D eigenvalue weighted by Crippen LogP contribution is -2.19. The molecule has 3 aromatic rings. The highest BCUT2D eigenvalue weighted by atomic mass is 79.9. The minimum Gasteiger partial charge on any atom is -0.455 e. The van der Waals surface area contributed by atoms with Crippen LogP contribution in [0.5, 0.6) is 0 Å². The first kappa shape index (κ1) is 18.5. The lowest BCUT2D eigenvalue weighted by molar-refractivity contribution is -0.384. The summed E-state index contributed by atoms with van der Waals surface area (Å²) >= 11 is 3.34. The first-order chi connectivity index (χ1) is 13.0. The monoisotopic (exact) mass is 427 g/mol. The molecule has 7 nitrogen and oxygen atoms in total. The van der Waals surface area contributed by atoms with Gasteiger partial charge in [0.15, 0.2) is 0 Å². The largest absolute Gasteiger partial charge is 0.455 e. The van der Waals surface area contributed by atoms with Gasteiger partial charge in [0.05, 0.1) is 23.1 Å². The van der Waals surface area contributed by atoms with E-state index in [2.05, 4.69) is 26.5 Å². The Hall–Kier alpha value is -3.26. The summed E-state index contributed by atoms with van der Waals surface area (Å²) in [6.07, 6.45) is 1.54. The zero-order valence-corrected chi connectivity index (χ0v) is 15.5. The fraction of sp³-hybridized carbons (Fsp3) is 0.0526. The molecule has 0 fully saturated rings. The number of hydrogen-bond acceptors (Lipinski definition) is 5. The number of nitro groups is 1. The van der Waals surface area contributed by atoms with E-state index in [4.69, 9.17) is 4.42 Å². The van der Waals surface area contributed by atoms with Crippen LogP contribution in [-0.2, 0) is 11.2 Å². The number of amides is 1. The Balaban J connectivity index is 1.63. The van der Waals surface area contributed by atoms with Gasteiger partial charge >= 0.3 is 0 Å². The molecule has 1 heterocycles. The minimum absolute atomic E-state index is 0.0434. The second kappa shape index (κ2) is 8.41. The predicted molar refractivity (Wildman–Crippen MR) is 104 cm³/mol. The summed E-state index contributed by atoms with van der Waals surface area (Å²) in [5.74, 6) is 0.455. The van der Waals surface area contributed by atoms with Gasteiger partial charge in [0.2, 0.25) is 5.91 Å². The molecule has 0 aliphatic heterocycles. The van der Waals surface area contributed by atoms with Crippen LogP contribution in [0.2, 0.25) is 0 Å². The normalized spacial score (nSPS) is 10.9. The van der Waals surface area contributed by atoms with Gasteiger partial charge in [0.1, 0.15) is 11.5 Å². The molecule has 0 bridgehead atoms. The second-order valence-electron chi connectivity index (χ2n) is 5.57. The standard InChI is InChI=1S/C19H14BrN3O4/c20-14-7-5-13(6-8-14)11-19(24)22-21-12-15-9-10-18(27-15)16-3-1-2-4-17(16)23(25)26/h1-10,12H,11H2,(H,22,24). The minimum atomic E-state index is -0.464. The molecule has 0 aliphatic carbocycles. The highest BCUT2D eigenvalue weighted by Gasteiger charge is 2.16. The average Bonchev–Trinajstić information content (AvgIpc) is 3.12. The van der Waals surface area contributed by atoms with Crippen LogP contribution in [0.4, 0.5) is 5.69 Å². The maximum absolute atomic E-state index is 11.9. The Labute approximate surface area is 163 Å². The number of benzene rings is 2. The molecule has 1 N–H and O–H groups in total. The van der Waals surface area contributed by atoms with Crippen LogP contribution in [0.15, 0.2) is 74.7 Å². The van der Waals surface area contributed by atoms with Crippen LogP contribution in [-0.4, -0.2) is 17.0 Å². The van der Waals surface area contributed by atoms with Crippen molar-refractivity contribution in [1.82, 2.24) is 5.43 Å². The van der Waals surface area contributed by atoms with Crippen LogP contribution in [0.3, 0.4) is 0 Å². The molecule has 0 aliphatic rings. The maximum atomic E-state index is 11.9. The van der Waals surface area contributed by atoms with Crippen LogP contribution >= 0.6 is 15.9 Å². The van der Waals surface area contributed by atoms with Crippen LogP contribution in [0, 0.1) is 10.1 Å². The van der Waals surface area contributed by atoms with Gasteiger partial charge in [0, 0.05) is 10.5 Å². The van der Waals surface area contributed by atoms with E-state index in [0.717, 1.165) is 10.0 Å². The first-order valence-electron chi connectivity index (χ1n) is 7.93. The van der Waals surface area contributed by atoms with Crippen molar-refractivity contribution in [2.45, 2.75) is 6.42 Å². The number of carbonyl (C=O) groups excluding carboxylic acids is 1. The molecule has 1 aromatic heterocycles. The molecule has 2 aromatic carbocycles. The Morgan fingerprint density at radius 3 is 2.63 bits per heavy atom. The van der Waals surface area contributed by atoms with Crippen molar-refractivity contribution < 1.29 is 14.1 Å². The summed E-state index contributed by atoms with van der Waals surface area (Å²) in [4.78, 5) is 22.5. The predicted octanol–water partition coefficient (Wildman–Crippen LogP) is 4.31. The van der Waals surface area contributed by atoms with E-state index in [9.17, 15) is 14.9 Å². The van der Waals surface area contributed by atoms with Crippen molar-refractivity contribution in [1.29, 1.82) is 0 Å². The van der Waals surface area contributed by atoms with Crippen molar-refractivity contribution in [3.63, 3.8) is 0 Å². The Morgan fingerprint density at radius 2 is 1.89 bits per heavy atom. The van der Waals surface area contributed by atoms with Gasteiger partial charge < -0.3 is 4.42 Å². The summed E-state index contributed by atoms with van der Waals surface area (Å²) < 4.78 is 6.51. The molecule has 0 saturated heterocycles. The van der Waals surface area contributed by atoms with Crippen molar-refractivity contribution in [3.8, 4) is 11.3 Å². The van der Waals surface area contributed by atoms with Gasteiger partial charge in [-0.3, -0.25) is 14.9 Å². The molecule has 136 valence electrons. The van der Waals surface area contributed by atoms with Gasteiger partial charge in [-0.25, -0.2) is 5.43 Å². The molecular weight excluding hydrogens is 414 g/mol. The third-order valence-electron chi connectivity index (χ3n) is 3.65. The molecule has 0 spiro atoms. The number of hydrazone groups is 1. The lowest BCUT2D eigenvalue weighted by Gasteiger charge is -2.00. The first-order valence-corrected chi connectivity index (χ1v) is 8.72. The number of furan rings is 1. The number of nitrogens with one attached hydrogen (secondary N) is 1. The number of carbonyl (C=O) groups is 1. The smallest absolute Gasteiger partial charge is 0.280 e. The molecule has 0 saturated carbocycles. The number of nitro benzene ring substituents is 1. The number of para-hydroxylation sites is 1. The van der Waals surface area contributed by atoms with Crippen molar-refractivity contribution in [3.05, 3.63) is 86.6 Å². The molecular formula is C19H14BrN3O4. The van der Waals surface area contributed by atoms with Crippen LogP contribution < -0.4 is 5.43 Å². The Morgan fingerprint density at radius 1 is 1.15 bits per heavy atom. The van der Waals surface area contributed by atoms with Crippen molar-refractivity contribution in [2.24, 2.45) is 5.10 Å². The van der Waals surface area contributed by atoms with Crippen molar-refractivity contribution >= 4 is 33.7 Å². The van der Waals surface area contributed by atoms with E-state index >= 15 is 0 Å². The highest BCUT2D eigenvalue weighted by Crippen LogP contribution is 2.30. The van der Waals surface area contributed by atoms with E-state index in [1.165, 1.54) is 12.3 Å². The maximum Gasteiger partial charge on any atom is 0.280 e. The lowest BCUT2D eigenvalue weighted by atomic mass is 10.1. The van der Waals surface area contributed by atoms with Crippen molar-refractivity contribution in [2.75, 3.05) is 0 Å². The van der Waals surface area contributed by atoms with Gasteiger partial charge in [-0.2, -0.15) is 5.10 Å². The van der Waals surface area contributed by atoms with Gasteiger partial charge in [-0.05, 0) is 35.9 Å². The van der Waals surface area contributed by atoms with Gasteiger partial charge in [-0.1, -0.05) is 40.2 Å². The molecule has 3 rings (SSSR count). The second-order valence-corrected chi connectivity index (χ2v) is 6.49. The van der Waals surface area contributed by atoms with E-state index in [1.807, 2.05) is 24.3 Å². The fourth-order valence-electron chi connectivity index (χ4n) is 2.40. The number of nitrogens with zero attached hydrogens (tertiary/aromatic N) is 2. The topological polar surface area (TPSA) is 97.7 Å². The van der Waals surface area contributed by atoms with Crippen LogP contribution in [0.25, 0.3) is 11.3 Å². The number of rotatable bonds is 6. The van der Waals surface area contributed by atoms with E-state index < -0.39 is 4.92 Å². The average molecular weight is 428 g/mol.